The van der Waals surface area contributed by atoms with Crippen LogP contribution < -0.4 is 10.2 Å². The standard InChI is InChI=1S/C22H34N4O/c1-7-25(8-2)20-11-9-19(10-12-20)23-22(27)14-13-21-17(5)24-26(18(21)6)15-16(3)4/h9-12,16H,7-8,13-15H2,1-6H3,(H,23,27). The minimum absolute atomic E-state index is 0.0426. The monoisotopic (exact) mass is 370 g/mol. The van der Waals surface area contributed by atoms with Crippen molar-refractivity contribution in [3.05, 3.63) is 41.2 Å². The second kappa shape index (κ2) is 9.58. The van der Waals surface area contributed by atoms with Gasteiger partial charge in [0, 0.05) is 43.1 Å². The van der Waals surface area contributed by atoms with Crippen molar-refractivity contribution in [2.24, 2.45) is 5.92 Å². The number of nitrogens with one attached hydrogen (secondary N) is 1. The van der Waals surface area contributed by atoms with Crippen LogP contribution in [0.25, 0.3) is 0 Å². The molecule has 0 radical (unpaired) electrons. The Bertz CT molecular complexity index is 742. The first-order valence-electron chi connectivity index (χ1n) is 10.0. The van der Waals surface area contributed by atoms with Gasteiger partial charge in [-0.1, -0.05) is 13.8 Å². The maximum absolute atomic E-state index is 12.4. The molecule has 1 heterocycles. The van der Waals surface area contributed by atoms with Crippen LogP contribution >= 0.6 is 0 Å². The molecular weight excluding hydrogens is 336 g/mol. The molecule has 5 heteroatoms. The van der Waals surface area contributed by atoms with Gasteiger partial charge in [0.2, 0.25) is 5.91 Å². The van der Waals surface area contributed by atoms with Gasteiger partial charge >= 0.3 is 0 Å². The molecule has 0 spiro atoms. The topological polar surface area (TPSA) is 50.2 Å². The van der Waals surface area contributed by atoms with Gasteiger partial charge in [-0.05, 0) is 69.9 Å². The summed E-state index contributed by atoms with van der Waals surface area (Å²) >= 11 is 0. The summed E-state index contributed by atoms with van der Waals surface area (Å²) in [5.74, 6) is 0.597. The molecule has 0 saturated carbocycles. The summed E-state index contributed by atoms with van der Waals surface area (Å²) in [5.41, 5.74) is 5.44. The number of carbonyl (C=O) groups is 1. The van der Waals surface area contributed by atoms with Crippen LogP contribution in [0.15, 0.2) is 24.3 Å². The Balaban J connectivity index is 1.94. The zero-order chi connectivity index (χ0) is 20.0. The second-order valence-electron chi connectivity index (χ2n) is 7.49. The highest BCUT2D eigenvalue weighted by atomic mass is 16.1. The minimum Gasteiger partial charge on any atom is -0.372 e. The molecule has 0 saturated heterocycles. The number of hydrogen-bond donors (Lipinski definition) is 1. The summed E-state index contributed by atoms with van der Waals surface area (Å²) in [6, 6.07) is 8.07. The predicted molar refractivity (Wildman–Crippen MR) is 113 cm³/mol. The highest BCUT2D eigenvalue weighted by Crippen LogP contribution is 2.19. The third kappa shape index (κ3) is 5.59. The maximum atomic E-state index is 12.4. The van der Waals surface area contributed by atoms with Crippen molar-refractivity contribution in [3.8, 4) is 0 Å². The molecule has 27 heavy (non-hydrogen) atoms. The van der Waals surface area contributed by atoms with Crippen LogP contribution in [0.4, 0.5) is 11.4 Å². The van der Waals surface area contributed by atoms with Crippen molar-refractivity contribution >= 4 is 17.3 Å². The molecule has 0 fully saturated rings. The molecule has 0 unspecified atom stereocenters. The van der Waals surface area contributed by atoms with Crippen LogP contribution in [0.3, 0.4) is 0 Å². The molecule has 0 bridgehead atoms. The van der Waals surface area contributed by atoms with E-state index in [1.165, 1.54) is 16.9 Å². The van der Waals surface area contributed by atoms with Gasteiger partial charge in [0.05, 0.1) is 5.69 Å². The summed E-state index contributed by atoms with van der Waals surface area (Å²) < 4.78 is 2.07. The van der Waals surface area contributed by atoms with Gasteiger partial charge in [-0.15, -0.1) is 0 Å². The van der Waals surface area contributed by atoms with E-state index in [1.807, 2.05) is 19.1 Å². The quantitative estimate of drug-likeness (QED) is 0.703. The Morgan fingerprint density at radius 2 is 1.78 bits per heavy atom. The van der Waals surface area contributed by atoms with Crippen molar-refractivity contribution in [1.29, 1.82) is 0 Å². The summed E-state index contributed by atoms with van der Waals surface area (Å²) in [6.07, 6.45) is 1.19. The van der Waals surface area contributed by atoms with E-state index in [2.05, 4.69) is 66.7 Å². The Hall–Kier alpha value is -2.30. The molecule has 1 N–H and O–H groups in total. The third-order valence-corrected chi connectivity index (χ3v) is 4.95. The summed E-state index contributed by atoms with van der Waals surface area (Å²) in [7, 11) is 0. The van der Waals surface area contributed by atoms with Gasteiger partial charge in [-0.25, -0.2) is 0 Å². The van der Waals surface area contributed by atoms with Crippen molar-refractivity contribution in [2.75, 3.05) is 23.3 Å². The zero-order valence-electron chi connectivity index (χ0n) is 17.7. The van der Waals surface area contributed by atoms with Crippen LogP contribution in [-0.2, 0) is 17.8 Å². The Morgan fingerprint density at radius 1 is 1.15 bits per heavy atom. The zero-order valence-corrected chi connectivity index (χ0v) is 17.7. The van der Waals surface area contributed by atoms with Gasteiger partial charge in [0.1, 0.15) is 0 Å². The van der Waals surface area contributed by atoms with Crippen LogP contribution in [0, 0.1) is 19.8 Å². The van der Waals surface area contributed by atoms with E-state index in [4.69, 9.17) is 0 Å². The number of nitrogens with zero attached hydrogens (tertiary/aromatic N) is 3. The lowest BCUT2D eigenvalue weighted by Crippen LogP contribution is -2.21. The molecule has 1 aromatic heterocycles. The lowest BCUT2D eigenvalue weighted by molar-refractivity contribution is -0.116. The molecule has 2 rings (SSSR count). The van der Waals surface area contributed by atoms with Gasteiger partial charge in [-0.3, -0.25) is 9.48 Å². The highest BCUT2D eigenvalue weighted by molar-refractivity contribution is 5.91. The summed E-state index contributed by atoms with van der Waals surface area (Å²) in [6.45, 7) is 15.7. The van der Waals surface area contributed by atoms with E-state index in [-0.39, 0.29) is 5.91 Å². The molecule has 1 aromatic carbocycles. The summed E-state index contributed by atoms with van der Waals surface area (Å²) in [5, 5.41) is 7.64. The maximum Gasteiger partial charge on any atom is 0.224 e. The first-order valence-corrected chi connectivity index (χ1v) is 10.0. The molecular formula is C22H34N4O. The number of aryl methyl sites for hydroxylation is 1. The Labute approximate surface area is 163 Å². The molecule has 2 aromatic rings. The molecule has 0 aliphatic heterocycles. The predicted octanol–water partition coefficient (Wildman–Crippen LogP) is 4.57. The van der Waals surface area contributed by atoms with Gasteiger partial charge in [0.15, 0.2) is 0 Å². The average molecular weight is 371 g/mol. The SMILES string of the molecule is CCN(CC)c1ccc(NC(=O)CCc2c(C)nn(CC(C)C)c2C)cc1. The van der Waals surface area contributed by atoms with Crippen molar-refractivity contribution in [2.45, 2.75) is 60.9 Å². The van der Waals surface area contributed by atoms with Gasteiger partial charge in [-0.2, -0.15) is 5.10 Å². The van der Waals surface area contributed by atoms with Gasteiger partial charge < -0.3 is 10.2 Å². The van der Waals surface area contributed by atoms with Crippen molar-refractivity contribution in [3.63, 3.8) is 0 Å². The number of carbonyl (C=O) groups excluding carboxylic acids is 1. The van der Waals surface area contributed by atoms with Crippen LogP contribution in [-0.4, -0.2) is 28.8 Å². The lowest BCUT2D eigenvalue weighted by atomic mass is 10.1. The molecule has 1 amide bonds. The van der Waals surface area contributed by atoms with E-state index < -0.39 is 0 Å². The van der Waals surface area contributed by atoms with E-state index in [9.17, 15) is 4.79 Å². The van der Waals surface area contributed by atoms with E-state index in [1.54, 1.807) is 0 Å². The van der Waals surface area contributed by atoms with Gasteiger partial charge in [0.25, 0.3) is 0 Å². The molecule has 5 nitrogen and oxygen atoms in total. The Kier molecular flexibility index (Phi) is 7.45. The number of amides is 1. The lowest BCUT2D eigenvalue weighted by Gasteiger charge is -2.21. The largest absolute Gasteiger partial charge is 0.372 e. The second-order valence-corrected chi connectivity index (χ2v) is 7.49. The highest BCUT2D eigenvalue weighted by Gasteiger charge is 2.14. The van der Waals surface area contributed by atoms with Crippen molar-refractivity contribution < 1.29 is 4.79 Å². The smallest absolute Gasteiger partial charge is 0.224 e. The molecule has 148 valence electrons. The van der Waals surface area contributed by atoms with Crippen LogP contribution in [0.2, 0.25) is 0 Å². The Morgan fingerprint density at radius 3 is 2.33 bits per heavy atom. The fraction of sp³-hybridized carbons (Fsp3) is 0.545. The van der Waals surface area contributed by atoms with Crippen LogP contribution in [0.5, 0.6) is 0 Å². The normalized spacial score (nSPS) is 11.1. The minimum atomic E-state index is 0.0426. The molecule has 0 aliphatic carbocycles. The number of hydrogen-bond acceptors (Lipinski definition) is 3. The fourth-order valence-corrected chi connectivity index (χ4v) is 3.43. The van der Waals surface area contributed by atoms with Crippen LogP contribution in [0.1, 0.15) is 51.1 Å². The first kappa shape index (κ1) is 21.0. The molecule has 0 atom stereocenters. The number of anilines is 2. The van der Waals surface area contributed by atoms with E-state index >= 15 is 0 Å². The first-order chi connectivity index (χ1) is 12.8. The van der Waals surface area contributed by atoms with Crippen molar-refractivity contribution in [1.82, 2.24) is 9.78 Å². The third-order valence-electron chi connectivity index (χ3n) is 4.95. The number of rotatable bonds is 9. The van der Waals surface area contributed by atoms with E-state index in [0.29, 0.717) is 12.3 Å². The average Bonchev–Trinajstić information content (AvgIpc) is 2.88. The fourth-order valence-electron chi connectivity index (χ4n) is 3.43. The number of aromatic nitrogens is 2. The summed E-state index contributed by atoms with van der Waals surface area (Å²) in [4.78, 5) is 14.7. The number of benzene rings is 1. The molecule has 0 aliphatic rings. The van der Waals surface area contributed by atoms with E-state index in [0.717, 1.165) is 37.4 Å².